The zero-order chi connectivity index (χ0) is 14.0. The maximum absolute atomic E-state index is 11.3. The number of hydrogen-bond donors (Lipinski definition) is 2. The molecule has 0 radical (unpaired) electrons. The summed E-state index contributed by atoms with van der Waals surface area (Å²) in [6.45, 7) is 1.68. The quantitative estimate of drug-likeness (QED) is 0.842. The van der Waals surface area contributed by atoms with E-state index in [1.54, 1.807) is 18.2 Å². The lowest BCUT2D eigenvalue weighted by Crippen LogP contribution is -2.01. The number of aliphatic hydroxyl groups is 1. The smallest absolute Gasteiger partial charge is 0.336 e. The number of rotatable bonds is 4. The Morgan fingerprint density at radius 2 is 2.05 bits per heavy atom. The summed E-state index contributed by atoms with van der Waals surface area (Å²) in [6.07, 6.45) is 0.726. The van der Waals surface area contributed by atoms with Crippen molar-refractivity contribution in [3.8, 4) is 11.1 Å². The average Bonchev–Trinajstić information content (AvgIpc) is 2.79. The minimum absolute atomic E-state index is 0.123. The second kappa shape index (κ2) is 5.34. The number of aryl methyl sites for hydroxylation is 1. The van der Waals surface area contributed by atoms with Crippen molar-refractivity contribution in [2.75, 3.05) is 0 Å². The van der Waals surface area contributed by atoms with Crippen LogP contribution in [-0.4, -0.2) is 22.5 Å². The predicted molar refractivity (Wildman–Crippen MR) is 72.8 cm³/mol. The fourth-order valence-electron chi connectivity index (χ4n) is 1.93. The molecule has 0 aliphatic rings. The van der Waals surface area contributed by atoms with Gasteiger partial charge in [-0.25, -0.2) is 4.79 Å². The SMILES string of the molecule is Cc1cc(-c2cc(CO)ccc2C(=O)O)c(C=O)s1. The third-order valence-corrected chi connectivity index (χ3v) is 3.75. The molecule has 0 fully saturated rings. The molecule has 0 atom stereocenters. The van der Waals surface area contributed by atoms with E-state index in [0.717, 1.165) is 11.2 Å². The lowest BCUT2D eigenvalue weighted by atomic mass is 9.97. The molecule has 2 rings (SSSR count). The third-order valence-electron chi connectivity index (χ3n) is 2.78. The summed E-state index contributed by atoms with van der Waals surface area (Å²) in [5.74, 6) is -1.06. The summed E-state index contributed by atoms with van der Waals surface area (Å²) < 4.78 is 0. The van der Waals surface area contributed by atoms with Gasteiger partial charge in [0.25, 0.3) is 0 Å². The molecular formula is C14H12O4S. The van der Waals surface area contributed by atoms with Gasteiger partial charge in [0.05, 0.1) is 17.0 Å². The lowest BCUT2D eigenvalue weighted by molar-refractivity contribution is 0.0697. The number of carboxylic acids is 1. The van der Waals surface area contributed by atoms with Crippen LogP contribution in [0, 0.1) is 6.92 Å². The van der Waals surface area contributed by atoms with Gasteiger partial charge in [0.15, 0.2) is 6.29 Å². The van der Waals surface area contributed by atoms with E-state index in [1.807, 2.05) is 6.92 Å². The highest BCUT2D eigenvalue weighted by Crippen LogP contribution is 2.33. The zero-order valence-corrected chi connectivity index (χ0v) is 11.0. The van der Waals surface area contributed by atoms with Crippen LogP contribution in [0.25, 0.3) is 11.1 Å². The summed E-state index contributed by atoms with van der Waals surface area (Å²) in [7, 11) is 0. The molecule has 4 nitrogen and oxygen atoms in total. The van der Waals surface area contributed by atoms with E-state index in [-0.39, 0.29) is 12.2 Å². The number of carbonyl (C=O) groups excluding carboxylic acids is 1. The molecule has 0 unspecified atom stereocenters. The van der Waals surface area contributed by atoms with Crippen LogP contribution in [0.15, 0.2) is 24.3 Å². The summed E-state index contributed by atoms with van der Waals surface area (Å²) in [4.78, 5) is 23.7. The van der Waals surface area contributed by atoms with Crippen LogP contribution in [0.1, 0.15) is 30.5 Å². The van der Waals surface area contributed by atoms with Crippen LogP contribution in [0.3, 0.4) is 0 Å². The molecule has 0 saturated carbocycles. The Labute approximate surface area is 114 Å². The minimum Gasteiger partial charge on any atom is -0.478 e. The average molecular weight is 276 g/mol. The Kier molecular flexibility index (Phi) is 3.78. The Morgan fingerprint density at radius 1 is 1.32 bits per heavy atom. The highest BCUT2D eigenvalue weighted by Gasteiger charge is 2.17. The van der Waals surface area contributed by atoms with E-state index in [9.17, 15) is 14.7 Å². The molecule has 0 bridgehead atoms. The second-order valence-corrected chi connectivity index (χ2v) is 5.38. The molecular weight excluding hydrogens is 264 g/mol. The maximum Gasteiger partial charge on any atom is 0.336 e. The van der Waals surface area contributed by atoms with Crippen LogP contribution in [0.2, 0.25) is 0 Å². The first-order chi connectivity index (χ1) is 9.06. The highest BCUT2D eigenvalue weighted by molar-refractivity contribution is 7.14. The number of thiophene rings is 1. The fourth-order valence-corrected chi connectivity index (χ4v) is 2.78. The Morgan fingerprint density at radius 3 is 2.63 bits per heavy atom. The van der Waals surface area contributed by atoms with E-state index in [0.29, 0.717) is 21.6 Å². The van der Waals surface area contributed by atoms with Crippen molar-refractivity contribution in [2.24, 2.45) is 0 Å². The number of aldehydes is 1. The van der Waals surface area contributed by atoms with Crippen molar-refractivity contribution in [1.82, 2.24) is 0 Å². The first kappa shape index (κ1) is 13.5. The van der Waals surface area contributed by atoms with Crippen molar-refractivity contribution >= 4 is 23.6 Å². The molecule has 0 amide bonds. The van der Waals surface area contributed by atoms with Gasteiger partial charge in [0, 0.05) is 10.4 Å². The number of hydrogen-bond acceptors (Lipinski definition) is 4. The number of carboxylic acid groups (broad SMARTS) is 1. The normalized spacial score (nSPS) is 10.4. The molecule has 0 aliphatic carbocycles. The fraction of sp³-hybridized carbons (Fsp3) is 0.143. The van der Waals surface area contributed by atoms with E-state index >= 15 is 0 Å². The number of benzene rings is 1. The van der Waals surface area contributed by atoms with Crippen molar-refractivity contribution in [3.05, 3.63) is 45.1 Å². The molecule has 5 heteroatoms. The number of aliphatic hydroxyl groups excluding tert-OH is 1. The van der Waals surface area contributed by atoms with Crippen molar-refractivity contribution in [3.63, 3.8) is 0 Å². The van der Waals surface area contributed by atoms with Gasteiger partial charge in [-0.2, -0.15) is 0 Å². The summed E-state index contributed by atoms with van der Waals surface area (Å²) in [5.41, 5.74) is 1.80. The van der Waals surface area contributed by atoms with Gasteiger partial charge in [-0.1, -0.05) is 6.07 Å². The van der Waals surface area contributed by atoms with E-state index in [4.69, 9.17) is 5.11 Å². The molecule has 2 aromatic rings. The Bertz CT molecular complexity index is 643. The van der Waals surface area contributed by atoms with Crippen LogP contribution in [0.4, 0.5) is 0 Å². The van der Waals surface area contributed by atoms with Crippen LogP contribution in [-0.2, 0) is 6.61 Å². The van der Waals surface area contributed by atoms with Crippen molar-refractivity contribution in [1.29, 1.82) is 0 Å². The zero-order valence-electron chi connectivity index (χ0n) is 10.2. The molecule has 1 aromatic heterocycles. The second-order valence-electron chi connectivity index (χ2n) is 4.10. The summed E-state index contributed by atoms with van der Waals surface area (Å²) in [6, 6.07) is 6.41. The highest BCUT2D eigenvalue weighted by atomic mass is 32.1. The molecule has 0 saturated heterocycles. The standard InChI is InChI=1S/C14H12O4S/c1-8-4-12(13(7-16)19-8)11-5-9(6-15)2-3-10(11)14(17)18/h2-5,7,15H,6H2,1H3,(H,17,18). The van der Waals surface area contributed by atoms with E-state index in [1.165, 1.54) is 17.4 Å². The molecule has 19 heavy (non-hydrogen) atoms. The van der Waals surface area contributed by atoms with Gasteiger partial charge in [0.2, 0.25) is 0 Å². The third kappa shape index (κ3) is 2.57. The number of carbonyl (C=O) groups is 2. The van der Waals surface area contributed by atoms with Gasteiger partial charge < -0.3 is 10.2 Å². The Balaban J connectivity index is 2.70. The Hall–Kier alpha value is -1.98. The van der Waals surface area contributed by atoms with Crippen LogP contribution in [0.5, 0.6) is 0 Å². The van der Waals surface area contributed by atoms with Crippen molar-refractivity contribution in [2.45, 2.75) is 13.5 Å². The van der Waals surface area contributed by atoms with Gasteiger partial charge in [0.1, 0.15) is 0 Å². The predicted octanol–water partition coefficient (Wildman–Crippen LogP) is 2.73. The topological polar surface area (TPSA) is 74.6 Å². The van der Waals surface area contributed by atoms with E-state index in [2.05, 4.69) is 0 Å². The maximum atomic E-state index is 11.3. The largest absolute Gasteiger partial charge is 0.478 e. The number of aromatic carboxylic acids is 1. The molecule has 1 heterocycles. The van der Waals surface area contributed by atoms with Crippen LogP contribution < -0.4 is 0 Å². The van der Waals surface area contributed by atoms with Gasteiger partial charge in [-0.3, -0.25) is 4.79 Å². The van der Waals surface area contributed by atoms with E-state index < -0.39 is 5.97 Å². The monoisotopic (exact) mass is 276 g/mol. The minimum atomic E-state index is -1.06. The van der Waals surface area contributed by atoms with Crippen LogP contribution >= 0.6 is 11.3 Å². The molecule has 1 aromatic carbocycles. The molecule has 0 spiro atoms. The van der Waals surface area contributed by atoms with Gasteiger partial charge >= 0.3 is 5.97 Å². The molecule has 98 valence electrons. The first-order valence-electron chi connectivity index (χ1n) is 5.60. The summed E-state index contributed by atoms with van der Waals surface area (Å²) in [5, 5.41) is 18.4. The summed E-state index contributed by atoms with van der Waals surface area (Å²) >= 11 is 1.32. The molecule has 2 N–H and O–H groups in total. The first-order valence-corrected chi connectivity index (χ1v) is 6.41. The van der Waals surface area contributed by atoms with Gasteiger partial charge in [-0.15, -0.1) is 11.3 Å². The molecule has 0 aliphatic heterocycles. The van der Waals surface area contributed by atoms with Crippen molar-refractivity contribution < 1.29 is 19.8 Å². The van der Waals surface area contributed by atoms with Gasteiger partial charge in [-0.05, 0) is 36.2 Å². The lowest BCUT2D eigenvalue weighted by Gasteiger charge is -2.07.